The Hall–Kier alpha value is -0.940. The van der Waals surface area contributed by atoms with Gasteiger partial charge in [0.2, 0.25) is 11.8 Å². The highest BCUT2D eigenvalue weighted by molar-refractivity contribution is 4.98. The average Bonchev–Trinajstić information content (AvgIpc) is 3.02. The van der Waals surface area contributed by atoms with Gasteiger partial charge >= 0.3 is 0 Å². The number of nitrogens with zero attached hydrogens (tertiary/aromatic N) is 2. The highest BCUT2D eigenvalue weighted by atomic mass is 16.5. The molecule has 108 valence electrons. The predicted molar refractivity (Wildman–Crippen MR) is 73.1 cm³/mol. The summed E-state index contributed by atoms with van der Waals surface area (Å²) in [6.45, 7) is 8.22. The van der Waals surface area contributed by atoms with Crippen LogP contribution in [0.1, 0.15) is 57.7 Å². The van der Waals surface area contributed by atoms with Crippen LogP contribution in [0.2, 0.25) is 0 Å². The van der Waals surface area contributed by atoms with Crippen LogP contribution in [-0.2, 0) is 11.2 Å². The lowest BCUT2D eigenvalue weighted by Crippen LogP contribution is -2.23. The van der Waals surface area contributed by atoms with Gasteiger partial charge in [0.05, 0.1) is 12.0 Å². The molecule has 0 radical (unpaired) electrons. The Labute approximate surface area is 115 Å². The summed E-state index contributed by atoms with van der Waals surface area (Å²) >= 11 is 0. The van der Waals surface area contributed by atoms with Gasteiger partial charge in [0.15, 0.2) is 0 Å². The first kappa shape index (κ1) is 14.5. The Morgan fingerprint density at radius 2 is 2.21 bits per heavy atom. The first-order valence-electron chi connectivity index (χ1n) is 7.38. The Morgan fingerprint density at radius 3 is 2.95 bits per heavy atom. The van der Waals surface area contributed by atoms with Crippen LogP contribution < -0.4 is 5.32 Å². The largest absolute Gasteiger partial charge is 0.425 e. The van der Waals surface area contributed by atoms with Gasteiger partial charge in [-0.1, -0.05) is 20.8 Å². The van der Waals surface area contributed by atoms with Crippen LogP contribution >= 0.6 is 0 Å². The van der Waals surface area contributed by atoms with Gasteiger partial charge in [0.25, 0.3) is 0 Å². The van der Waals surface area contributed by atoms with E-state index in [1.807, 2.05) is 0 Å². The molecule has 2 atom stereocenters. The SMILES string of the molecule is CCC1OCCC1c1nnc(CCCNC(C)C)o1. The molecule has 0 amide bonds. The molecular formula is C14H25N3O2. The van der Waals surface area contributed by atoms with Gasteiger partial charge < -0.3 is 14.5 Å². The van der Waals surface area contributed by atoms with Crippen LogP contribution in [-0.4, -0.2) is 35.5 Å². The third-order valence-electron chi connectivity index (χ3n) is 3.53. The lowest BCUT2D eigenvalue weighted by molar-refractivity contribution is 0.0963. The third kappa shape index (κ3) is 4.01. The van der Waals surface area contributed by atoms with Crippen molar-refractivity contribution in [3.63, 3.8) is 0 Å². The molecule has 1 aliphatic heterocycles. The summed E-state index contributed by atoms with van der Waals surface area (Å²) in [5, 5.41) is 11.7. The Morgan fingerprint density at radius 1 is 1.37 bits per heavy atom. The van der Waals surface area contributed by atoms with Crippen LogP contribution in [0.5, 0.6) is 0 Å². The molecule has 1 fully saturated rings. The molecular weight excluding hydrogens is 242 g/mol. The second-order valence-corrected chi connectivity index (χ2v) is 5.46. The standard InChI is InChI=1S/C14H25N3O2/c1-4-12-11(7-9-18-12)14-17-16-13(19-14)6-5-8-15-10(2)3/h10-12,15H,4-9H2,1-3H3. The number of rotatable bonds is 7. The number of ether oxygens (including phenoxy) is 1. The summed E-state index contributed by atoms with van der Waals surface area (Å²) in [5.41, 5.74) is 0. The number of aromatic nitrogens is 2. The first-order chi connectivity index (χ1) is 9.20. The van der Waals surface area contributed by atoms with E-state index in [1.54, 1.807) is 0 Å². The highest BCUT2D eigenvalue weighted by Gasteiger charge is 2.32. The van der Waals surface area contributed by atoms with Crippen LogP contribution in [0.25, 0.3) is 0 Å². The lowest BCUT2D eigenvalue weighted by atomic mass is 10.00. The van der Waals surface area contributed by atoms with Crippen LogP contribution in [0.4, 0.5) is 0 Å². The molecule has 5 nitrogen and oxygen atoms in total. The maximum Gasteiger partial charge on any atom is 0.222 e. The zero-order valence-corrected chi connectivity index (χ0v) is 12.2. The molecule has 2 heterocycles. The van der Waals surface area contributed by atoms with E-state index in [2.05, 4.69) is 36.3 Å². The lowest BCUT2D eigenvalue weighted by Gasteiger charge is -2.12. The number of aryl methyl sites for hydroxylation is 1. The quantitative estimate of drug-likeness (QED) is 0.768. The van der Waals surface area contributed by atoms with Crippen molar-refractivity contribution >= 4 is 0 Å². The van der Waals surface area contributed by atoms with E-state index in [0.717, 1.165) is 50.6 Å². The summed E-state index contributed by atoms with van der Waals surface area (Å²) in [6.07, 6.45) is 4.11. The van der Waals surface area contributed by atoms with E-state index in [9.17, 15) is 0 Å². The van der Waals surface area contributed by atoms with Crippen molar-refractivity contribution in [2.45, 2.75) is 64.5 Å². The van der Waals surface area contributed by atoms with Gasteiger partial charge in [-0.15, -0.1) is 10.2 Å². The molecule has 19 heavy (non-hydrogen) atoms. The molecule has 1 aromatic rings. The number of hydrogen-bond donors (Lipinski definition) is 1. The minimum absolute atomic E-state index is 0.246. The molecule has 0 saturated carbocycles. The van der Waals surface area contributed by atoms with Gasteiger partial charge in [-0.05, 0) is 25.8 Å². The molecule has 0 aliphatic carbocycles. The molecule has 5 heteroatoms. The summed E-state index contributed by atoms with van der Waals surface area (Å²) in [4.78, 5) is 0. The molecule has 0 spiro atoms. The van der Waals surface area contributed by atoms with E-state index in [4.69, 9.17) is 9.15 Å². The van der Waals surface area contributed by atoms with Crippen molar-refractivity contribution in [3.05, 3.63) is 11.8 Å². The topological polar surface area (TPSA) is 60.2 Å². The monoisotopic (exact) mass is 267 g/mol. The molecule has 0 aromatic carbocycles. The van der Waals surface area contributed by atoms with Gasteiger partial charge in [-0.3, -0.25) is 0 Å². The van der Waals surface area contributed by atoms with E-state index >= 15 is 0 Å². The maximum atomic E-state index is 5.78. The number of hydrogen-bond acceptors (Lipinski definition) is 5. The second-order valence-electron chi connectivity index (χ2n) is 5.46. The van der Waals surface area contributed by atoms with Crippen LogP contribution in [0.3, 0.4) is 0 Å². The van der Waals surface area contributed by atoms with E-state index in [0.29, 0.717) is 12.0 Å². The van der Waals surface area contributed by atoms with Gasteiger partial charge in [-0.25, -0.2) is 0 Å². The van der Waals surface area contributed by atoms with Gasteiger partial charge in [-0.2, -0.15) is 0 Å². The van der Waals surface area contributed by atoms with Gasteiger partial charge in [0.1, 0.15) is 0 Å². The molecule has 1 aliphatic rings. The third-order valence-corrected chi connectivity index (χ3v) is 3.53. The van der Waals surface area contributed by atoms with Crippen molar-refractivity contribution in [1.29, 1.82) is 0 Å². The van der Waals surface area contributed by atoms with Crippen LogP contribution in [0.15, 0.2) is 4.42 Å². The smallest absolute Gasteiger partial charge is 0.222 e. The van der Waals surface area contributed by atoms with Gasteiger partial charge in [0, 0.05) is 19.1 Å². The second kappa shape index (κ2) is 7.01. The first-order valence-corrected chi connectivity index (χ1v) is 7.38. The van der Waals surface area contributed by atoms with Crippen molar-refractivity contribution in [2.24, 2.45) is 0 Å². The zero-order chi connectivity index (χ0) is 13.7. The fourth-order valence-corrected chi connectivity index (χ4v) is 2.48. The van der Waals surface area contributed by atoms with Crippen molar-refractivity contribution in [3.8, 4) is 0 Å². The van der Waals surface area contributed by atoms with Crippen LogP contribution in [0, 0.1) is 0 Å². The summed E-state index contributed by atoms with van der Waals surface area (Å²) in [5.74, 6) is 1.80. The average molecular weight is 267 g/mol. The fourth-order valence-electron chi connectivity index (χ4n) is 2.48. The molecule has 1 aromatic heterocycles. The molecule has 1 N–H and O–H groups in total. The van der Waals surface area contributed by atoms with E-state index in [-0.39, 0.29) is 6.10 Å². The molecule has 2 rings (SSSR count). The zero-order valence-electron chi connectivity index (χ0n) is 12.2. The van der Waals surface area contributed by atoms with Crippen molar-refractivity contribution in [1.82, 2.24) is 15.5 Å². The Balaban J connectivity index is 1.81. The normalized spacial score (nSPS) is 23.4. The number of nitrogens with one attached hydrogen (secondary N) is 1. The minimum atomic E-state index is 0.246. The van der Waals surface area contributed by atoms with E-state index in [1.165, 1.54) is 0 Å². The fraction of sp³-hybridized carbons (Fsp3) is 0.857. The Bertz CT molecular complexity index is 379. The summed E-state index contributed by atoms with van der Waals surface area (Å²) in [7, 11) is 0. The summed E-state index contributed by atoms with van der Waals surface area (Å²) in [6, 6.07) is 0.527. The Kier molecular flexibility index (Phi) is 5.34. The van der Waals surface area contributed by atoms with Crippen molar-refractivity contribution in [2.75, 3.05) is 13.2 Å². The molecule has 1 saturated heterocycles. The predicted octanol–water partition coefficient (Wildman–Crippen LogP) is 2.28. The summed E-state index contributed by atoms with van der Waals surface area (Å²) < 4.78 is 11.4. The molecule has 0 bridgehead atoms. The van der Waals surface area contributed by atoms with E-state index < -0.39 is 0 Å². The minimum Gasteiger partial charge on any atom is -0.425 e. The molecule has 2 unspecified atom stereocenters. The maximum absolute atomic E-state index is 5.78. The highest BCUT2D eigenvalue weighted by Crippen LogP contribution is 2.32. The van der Waals surface area contributed by atoms with Crippen molar-refractivity contribution < 1.29 is 9.15 Å².